The number of thiophene rings is 1. The van der Waals surface area contributed by atoms with Crippen molar-refractivity contribution in [2.75, 3.05) is 29.7 Å². The number of rotatable bonds is 12. The minimum atomic E-state index is -0.650. The summed E-state index contributed by atoms with van der Waals surface area (Å²) in [6.07, 6.45) is 0.483. The van der Waals surface area contributed by atoms with E-state index < -0.39 is 17.1 Å². The lowest BCUT2D eigenvalue weighted by Gasteiger charge is -2.15. The number of anilines is 3. The Hall–Kier alpha value is -4.61. The third-order valence-corrected chi connectivity index (χ3v) is 8.75. The largest absolute Gasteiger partial charge is 0.484 e. The first-order valence-electron chi connectivity index (χ1n) is 13.4. The van der Waals surface area contributed by atoms with Gasteiger partial charge in [-0.05, 0) is 61.4 Å². The summed E-state index contributed by atoms with van der Waals surface area (Å²) in [4.78, 5) is 52.6. The number of amides is 3. The number of carbonyl (C=O) groups is 4. The van der Waals surface area contributed by atoms with Gasteiger partial charge in [-0.1, -0.05) is 49.4 Å². The lowest BCUT2D eigenvalue weighted by Crippen LogP contribution is -2.25. The summed E-state index contributed by atoms with van der Waals surface area (Å²) in [7, 11) is 1.25. The second-order valence-corrected chi connectivity index (χ2v) is 11.6. The number of carbonyl (C=O) groups excluding carboxylic acids is 4. The number of benzene rings is 3. The predicted molar refractivity (Wildman–Crippen MR) is 170 cm³/mol. The molecule has 222 valence electrons. The highest BCUT2D eigenvalue weighted by molar-refractivity contribution is 8.00. The molecule has 3 aromatic carbocycles. The van der Waals surface area contributed by atoms with E-state index in [1.54, 1.807) is 61.5 Å². The molecule has 1 unspecified atom stereocenters. The molecule has 3 N–H and O–H groups in total. The molecule has 0 spiro atoms. The van der Waals surface area contributed by atoms with Gasteiger partial charge in [0, 0.05) is 16.3 Å². The summed E-state index contributed by atoms with van der Waals surface area (Å²) in [5.74, 6) is -1.10. The molecule has 0 aliphatic heterocycles. The number of hydrogen-bond acceptors (Lipinski definition) is 8. The molecule has 9 nitrogen and oxygen atoms in total. The van der Waals surface area contributed by atoms with Gasteiger partial charge >= 0.3 is 5.97 Å². The molecule has 1 atom stereocenters. The number of thioether (sulfide) groups is 1. The van der Waals surface area contributed by atoms with Crippen molar-refractivity contribution >= 4 is 63.2 Å². The molecule has 4 rings (SSSR count). The van der Waals surface area contributed by atoms with E-state index in [-0.39, 0.29) is 29.0 Å². The Morgan fingerprint density at radius 2 is 1.53 bits per heavy atom. The Balaban J connectivity index is 1.44. The van der Waals surface area contributed by atoms with Gasteiger partial charge in [0.1, 0.15) is 10.8 Å². The number of nitrogens with one attached hydrogen (secondary N) is 3. The van der Waals surface area contributed by atoms with Gasteiger partial charge in [0.05, 0.1) is 22.8 Å². The number of hydrogen-bond donors (Lipinski definition) is 3. The SMILES string of the molecule is CCC(Sc1cccc(NC(=O)COc2ccccc2)c1)C(=O)Nc1sc(C(=O)Nc2ccccc2)c(C)c1C(=O)OC. The van der Waals surface area contributed by atoms with Crippen LogP contribution in [0.3, 0.4) is 0 Å². The quantitative estimate of drug-likeness (QED) is 0.121. The van der Waals surface area contributed by atoms with Crippen LogP contribution in [0.2, 0.25) is 0 Å². The second kappa shape index (κ2) is 15.0. The molecule has 0 saturated heterocycles. The molecule has 11 heteroatoms. The lowest BCUT2D eigenvalue weighted by molar-refractivity contribution is -0.118. The minimum absolute atomic E-state index is 0.140. The zero-order valence-corrected chi connectivity index (χ0v) is 25.5. The van der Waals surface area contributed by atoms with Crippen molar-refractivity contribution in [3.63, 3.8) is 0 Å². The highest BCUT2D eigenvalue weighted by Crippen LogP contribution is 2.36. The summed E-state index contributed by atoms with van der Waals surface area (Å²) in [5.41, 5.74) is 1.73. The van der Waals surface area contributed by atoms with Crippen molar-refractivity contribution in [1.82, 2.24) is 0 Å². The van der Waals surface area contributed by atoms with Gasteiger partial charge in [0.15, 0.2) is 6.61 Å². The maximum Gasteiger partial charge on any atom is 0.341 e. The van der Waals surface area contributed by atoms with Gasteiger partial charge in [-0.25, -0.2) is 4.79 Å². The molecule has 1 heterocycles. The van der Waals surface area contributed by atoms with Crippen molar-refractivity contribution < 1.29 is 28.7 Å². The Morgan fingerprint density at radius 3 is 2.21 bits per heavy atom. The molecule has 0 aliphatic rings. The number of methoxy groups -OCH3 is 1. The number of para-hydroxylation sites is 2. The predicted octanol–water partition coefficient (Wildman–Crippen LogP) is 6.62. The van der Waals surface area contributed by atoms with Crippen molar-refractivity contribution in [2.24, 2.45) is 0 Å². The molecule has 0 fully saturated rings. The van der Waals surface area contributed by atoms with Crippen molar-refractivity contribution in [2.45, 2.75) is 30.4 Å². The highest BCUT2D eigenvalue weighted by Gasteiger charge is 2.28. The van der Waals surface area contributed by atoms with E-state index in [9.17, 15) is 19.2 Å². The smallest absolute Gasteiger partial charge is 0.341 e. The molecule has 3 amide bonds. The Labute approximate surface area is 258 Å². The van der Waals surface area contributed by atoms with E-state index in [4.69, 9.17) is 9.47 Å². The van der Waals surface area contributed by atoms with Gasteiger partial charge in [0.25, 0.3) is 11.8 Å². The fourth-order valence-electron chi connectivity index (χ4n) is 4.06. The molecule has 43 heavy (non-hydrogen) atoms. The van der Waals surface area contributed by atoms with E-state index in [1.165, 1.54) is 18.9 Å². The zero-order valence-electron chi connectivity index (χ0n) is 23.8. The fraction of sp³-hybridized carbons (Fsp3) is 0.188. The lowest BCUT2D eigenvalue weighted by atomic mass is 10.1. The summed E-state index contributed by atoms with van der Waals surface area (Å²) < 4.78 is 10.5. The van der Waals surface area contributed by atoms with Gasteiger partial charge in [-0.3, -0.25) is 14.4 Å². The number of esters is 1. The highest BCUT2D eigenvalue weighted by atomic mass is 32.2. The van der Waals surface area contributed by atoms with Gasteiger partial charge in [0.2, 0.25) is 5.91 Å². The van der Waals surface area contributed by atoms with E-state index in [0.29, 0.717) is 34.0 Å². The maximum atomic E-state index is 13.4. The summed E-state index contributed by atoms with van der Waals surface area (Å²) in [5, 5.41) is 8.19. The summed E-state index contributed by atoms with van der Waals surface area (Å²) in [6.45, 7) is 3.38. The fourth-order valence-corrected chi connectivity index (χ4v) is 6.17. The van der Waals surface area contributed by atoms with Crippen LogP contribution >= 0.6 is 23.1 Å². The Morgan fingerprint density at radius 1 is 0.860 bits per heavy atom. The maximum absolute atomic E-state index is 13.4. The molecule has 0 aliphatic carbocycles. The van der Waals surface area contributed by atoms with Crippen LogP contribution in [0, 0.1) is 6.92 Å². The van der Waals surface area contributed by atoms with Gasteiger partial charge in [-0.15, -0.1) is 23.1 Å². The van der Waals surface area contributed by atoms with Crippen molar-refractivity contribution in [3.8, 4) is 5.75 Å². The van der Waals surface area contributed by atoms with Gasteiger partial charge < -0.3 is 25.4 Å². The third-order valence-electron chi connectivity index (χ3n) is 6.18. The molecular weight excluding hydrogens is 587 g/mol. The average Bonchev–Trinajstić information content (AvgIpc) is 3.34. The van der Waals surface area contributed by atoms with Crippen LogP contribution in [0.15, 0.2) is 89.8 Å². The minimum Gasteiger partial charge on any atom is -0.484 e. The normalized spacial score (nSPS) is 11.2. The molecule has 0 radical (unpaired) electrons. The first-order valence-corrected chi connectivity index (χ1v) is 15.1. The monoisotopic (exact) mass is 617 g/mol. The van der Waals surface area contributed by atoms with E-state index >= 15 is 0 Å². The van der Waals surface area contributed by atoms with Crippen LogP contribution in [0.4, 0.5) is 16.4 Å². The Kier molecular flexibility index (Phi) is 11.0. The molecule has 4 aromatic rings. The van der Waals surface area contributed by atoms with Crippen LogP contribution in [-0.2, 0) is 14.3 Å². The first-order chi connectivity index (χ1) is 20.8. The van der Waals surface area contributed by atoms with Gasteiger partial charge in [-0.2, -0.15) is 0 Å². The van der Waals surface area contributed by atoms with Crippen LogP contribution in [0.5, 0.6) is 5.75 Å². The average molecular weight is 618 g/mol. The van der Waals surface area contributed by atoms with Crippen LogP contribution < -0.4 is 20.7 Å². The van der Waals surface area contributed by atoms with E-state index in [1.807, 2.05) is 37.3 Å². The van der Waals surface area contributed by atoms with Crippen LogP contribution in [0.1, 0.15) is 38.9 Å². The summed E-state index contributed by atoms with van der Waals surface area (Å²) >= 11 is 2.34. The first kappa shape index (κ1) is 31.3. The molecule has 0 bridgehead atoms. The summed E-state index contributed by atoms with van der Waals surface area (Å²) in [6, 6.07) is 25.2. The van der Waals surface area contributed by atoms with Crippen LogP contribution in [-0.4, -0.2) is 42.7 Å². The van der Waals surface area contributed by atoms with Crippen molar-refractivity contribution in [1.29, 1.82) is 0 Å². The second-order valence-electron chi connectivity index (χ2n) is 9.25. The molecule has 0 saturated carbocycles. The molecular formula is C32H31N3O6S2. The van der Waals surface area contributed by atoms with Crippen molar-refractivity contribution in [3.05, 3.63) is 101 Å². The third kappa shape index (κ3) is 8.46. The standard InChI is InChI=1S/C32H31N3O6S2/c1-4-25(42-24-17-11-14-22(18-24)33-26(36)19-41-23-15-9-6-10-16-23)29(37)35-31-27(32(39)40-3)20(2)28(43-31)30(38)34-21-12-7-5-8-13-21/h5-18,25H,4,19H2,1-3H3,(H,33,36)(H,34,38)(H,35,37). The Bertz CT molecular complexity index is 1590. The van der Waals surface area contributed by atoms with Crippen LogP contribution in [0.25, 0.3) is 0 Å². The van der Waals surface area contributed by atoms with E-state index in [0.717, 1.165) is 16.2 Å². The molecule has 1 aromatic heterocycles. The number of ether oxygens (including phenoxy) is 2. The van der Waals surface area contributed by atoms with E-state index in [2.05, 4.69) is 16.0 Å². The zero-order chi connectivity index (χ0) is 30.8. The topological polar surface area (TPSA) is 123 Å².